The second kappa shape index (κ2) is 2.11. The van der Waals surface area contributed by atoms with Gasteiger partial charge in [-0.15, -0.1) is 0 Å². The minimum atomic E-state index is -0.157. The van der Waals surface area contributed by atoms with Crippen molar-refractivity contribution in [2.45, 2.75) is 6.92 Å². The first-order valence-corrected chi connectivity index (χ1v) is 5.17. The van der Waals surface area contributed by atoms with Crippen LogP contribution in [0.3, 0.4) is 0 Å². The lowest BCUT2D eigenvalue weighted by Crippen LogP contribution is -1.95. The summed E-state index contributed by atoms with van der Waals surface area (Å²) >= 11 is 4.84. The van der Waals surface area contributed by atoms with Gasteiger partial charge in [0.05, 0.1) is 8.67 Å². The van der Waals surface area contributed by atoms with Crippen LogP contribution in [-0.2, 0) is 19.9 Å². The zero-order valence-corrected chi connectivity index (χ0v) is 6.12. The molecule has 1 aliphatic heterocycles. The summed E-state index contributed by atoms with van der Waals surface area (Å²) in [6, 6.07) is 0. The van der Waals surface area contributed by atoms with Crippen LogP contribution >= 0.6 is 10.8 Å². The third kappa shape index (κ3) is 1.40. The first kappa shape index (κ1) is 5.53. The van der Waals surface area contributed by atoms with E-state index in [1.165, 1.54) is 0 Å². The summed E-state index contributed by atoms with van der Waals surface area (Å²) in [6.45, 7) is 1.94. The van der Waals surface area contributed by atoms with E-state index >= 15 is 0 Å². The van der Waals surface area contributed by atoms with E-state index < -0.39 is 0 Å². The van der Waals surface area contributed by atoms with Crippen molar-refractivity contribution in [3.05, 3.63) is 0 Å². The zero-order valence-electron chi connectivity index (χ0n) is 3.67. The van der Waals surface area contributed by atoms with Crippen LogP contribution in [0.25, 0.3) is 0 Å². The molecule has 1 atom stereocenters. The highest BCUT2D eigenvalue weighted by atomic mass is 33.3. The Bertz CT molecular complexity index is 129. The van der Waals surface area contributed by atoms with Gasteiger partial charge in [0.1, 0.15) is 5.04 Å². The Balaban J connectivity index is 2.58. The molecule has 0 aromatic heterocycles. The molecule has 40 valence electrons. The third-order valence-corrected chi connectivity index (χ3v) is 3.44. The van der Waals surface area contributed by atoms with Crippen LogP contribution in [-0.4, -0.2) is 5.04 Å². The topological polar surface area (TPSA) is 24.4 Å². The quantitative estimate of drug-likeness (QED) is 0.513. The lowest BCUT2D eigenvalue weighted by Gasteiger charge is -1.83. The summed E-state index contributed by atoms with van der Waals surface area (Å²) in [5.41, 5.74) is 0. The molecule has 0 amide bonds. The highest BCUT2D eigenvalue weighted by Crippen LogP contribution is 2.12. The number of rotatable bonds is 0. The fraction of sp³-hybridized carbons (Fsp3) is 0.500. The highest BCUT2D eigenvalue weighted by Gasteiger charge is 2.03. The lowest BCUT2D eigenvalue weighted by molar-refractivity contribution is 1.13. The van der Waals surface area contributed by atoms with Crippen molar-refractivity contribution in [1.82, 2.24) is 4.83 Å². The maximum atomic E-state index is 4.84. The predicted molar refractivity (Wildman–Crippen MR) is 38.6 cm³/mol. The summed E-state index contributed by atoms with van der Waals surface area (Å²) in [7, 11) is 1.45. The molecule has 0 saturated carbocycles. The SMILES string of the molecule is CC1=NNS(=S)S1. The first-order valence-electron chi connectivity index (χ1n) is 1.69. The molecule has 0 aromatic carbocycles. The first-order chi connectivity index (χ1) is 3.29. The van der Waals surface area contributed by atoms with Gasteiger partial charge in [-0.05, 0) is 28.9 Å². The second-order valence-corrected chi connectivity index (χ2v) is 5.58. The maximum absolute atomic E-state index is 4.84. The van der Waals surface area contributed by atoms with Gasteiger partial charge in [0.2, 0.25) is 0 Å². The molecule has 0 aliphatic carbocycles. The molecule has 5 heteroatoms. The van der Waals surface area contributed by atoms with E-state index in [-0.39, 0.29) is 8.67 Å². The Morgan fingerprint density at radius 2 is 2.71 bits per heavy atom. The summed E-state index contributed by atoms with van der Waals surface area (Å²) < 4.78 is 0. The third-order valence-electron chi connectivity index (χ3n) is 0.474. The van der Waals surface area contributed by atoms with Crippen molar-refractivity contribution in [1.29, 1.82) is 0 Å². The molecular formula is C2H4N2S3. The molecule has 0 bridgehead atoms. The molecule has 7 heavy (non-hydrogen) atoms. The molecule has 1 N–H and O–H groups in total. The number of nitrogens with one attached hydrogen (secondary N) is 1. The smallest absolute Gasteiger partial charge is 0.104 e. The normalized spacial score (nSPS) is 29.3. The molecule has 1 rings (SSSR count). The molecule has 0 saturated heterocycles. The fourth-order valence-corrected chi connectivity index (χ4v) is 2.85. The van der Waals surface area contributed by atoms with Crippen molar-refractivity contribution in [2.75, 3.05) is 0 Å². The average molecular weight is 152 g/mol. The number of nitrogens with zero attached hydrogens (tertiary/aromatic N) is 1. The van der Waals surface area contributed by atoms with E-state index in [1.54, 1.807) is 10.8 Å². The number of hydrazone groups is 1. The number of hydrogen-bond acceptors (Lipinski definition) is 3. The van der Waals surface area contributed by atoms with Crippen LogP contribution in [0.1, 0.15) is 6.92 Å². The van der Waals surface area contributed by atoms with Gasteiger partial charge in [0, 0.05) is 0 Å². The van der Waals surface area contributed by atoms with E-state index in [0.717, 1.165) is 5.04 Å². The standard InChI is InChI=1S/C2H4N2S3/c1-2-3-4-7(5)6-2/h4H,1H3. The second-order valence-electron chi connectivity index (χ2n) is 1.04. The largest absolute Gasteiger partial charge is 0.239 e. The summed E-state index contributed by atoms with van der Waals surface area (Å²) in [4.78, 5) is 2.76. The van der Waals surface area contributed by atoms with Gasteiger partial charge >= 0.3 is 0 Å². The van der Waals surface area contributed by atoms with Crippen LogP contribution in [0, 0.1) is 0 Å². The molecule has 1 unspecified atom stereocenters. The van der Waals surface area contributed by atoms with E-state index in [4.69, 9.17) is 11.2 Å². The monoisotopic (exact) mass is 152 g/mol. The van der Waals surface area contributed by atoms with E-state index in [9.17, 15) is 0 Å². The van der Waals surface area contributed by atoms with Crippen LogP contribution < -0.4 is 4.83 Å². The van der Waals surface area contributed by atoms with Gasteiger partial charge in [-0.1, -0.05) is 0 Å². The van der Waals surface area contributed by atoms with Crippen molar-refractivity contribution in [3.63, 3.8) is 0 Å². The molecule has 1 aliphatic rings. The van der Waals surface area contributed by atoms with Crippen LogP contribution in [0.2, 0.25) is 0 Å². The summed E-state index contributed by atoms with van der Waals surface area (Å²) in [5, 5.41) is 4.90. The molecular weight excluding hydrogens is 148 g/mol. The van der Waals surface area contributed by atoms with E-state index in [1.807, 2.05) is 6.92 Å². The predicted octanol–water partition coefficient (Wildman–Crippen LogP) is 0.566. The minimum Gasteiger partial charge on any atom is -0.239 e. The molecule has 0 radical (unpaired) electrons. The average Bonchev–Trinajstić information content (AvgIpc) is 1.87. The van der Waals surface area contributed by atoms with E-state index in [2.05, 4.69) is 9.93 Å². The number of hydrogen-bond donors (Lipinski definition) is 1. The minimum absolute atomic E-state index is 0.157. The lowest BCUT2D eigenvalue weighted by atomic mass is 10.9. The van der Waals surface area contributed by atoms with Gasteiger partial charge < -0.3 is 0 Å². The summed E-state index contributed by atoms with van der Waals surface area (Å²) in [5.74, 6) is 0. The van der Waals surface area contributed by atoms with Gasteiger partial charge in [0.15, 0.2) is 0 Å². The van der Waals surface area contributed by atoms with Gasteiger partial charge in [-0.2, -0.15) is 5.10 Å². The van der Waals surface area contributed by atoms with Gasteiger partial charge in [-0.3, -0.25) is 0 Å². The van der Waals surface area contributed by atoms with Crippen molar-refractivity contribution >= 4 is 35.7 Å². The molecule has 1 heterocycles. The van der Waals surface area contributed by atoms with Crippen molar-refractivity contribution < 1.29 is 0 Å². The molecule has 0 spiro atoms. The molecule has 0 aromatic rings. The highest BCUT2D eigenvalue weighted by molar-refractivity contribution is 8.87. The molecule has 0 fully saturated rings. The van der Waals surface area contributed by atoms with Crippen LogP contribution in [0.15, 0.2) is 5.10 Å². The Morgan fingerprint density at radius 1 is 2.00 bits per heavy atom. The summed E-state index contributed by atoms with van der Waals surface area (Å²) in [6.07, 6.45) is 0. The zero-order chi connectivity index (χ0) is 5.28. The Morgan fingerprint density at radius 3 is 2.86 bits per heavy atom. The fourth-order valence-electron chi connectivity index (χ4n) is 0.248. The van der Waals surface area contributed by atoms with Crippen LogP contribution in [0.4, 0.5) is 0 Å². The Labute approximate surface area is 52.9 Å². The van der Waals surface area contributed by atoms with Gasteiger partial charge in [0.25, 0.3) is 0 Å². The van der Waals surface area contributed by atoms with Crippen LogP contribution in [0.5, 0.6) is 0 Å². The van der Waals surface area contributed by atoms with Crippen molar-refractivity contribution in [3.8, 4) is 0 Å². The Kier molecular flexibility index (Phi) is 1.66. The van der Waals surface area contributed by atoms with Crippen molar-refractivity contribution in [2.24, 2.45) is 5.10 Å². The Hall–Kier alpha value is 0.390. The maximum Gasteiger partial charge on any atom is 0.104 e. The van der Waals surface area contributed by atoms with Gasteiger partial charge in [-0.25, -0.2) is 4.83 Å². The van der Waals surface area contributed by atoms with E-state index in [0.29, 0.717) is 0 Å². The molecule has 2 nitrogen and oxygen atoms in total.